The van der Waals surface area contributed by atoms with E-state index in [9.17, 15) is 18.0 Å². The second-order valence-electron chi connectivity index (χ2n) is 7.37. The molecule has 2 aromatic heterocycles. The normalized spacial score (nSPS) is 14.8. The molecular weight excluding hydrogens is 411 g/mol. The summed E-state index contributed by atoms with van der Waals surface area (Å²) in [7, 11) is 0. The van der Waals surface area contributed by atoms with Gasteiger partial charge in [-0.15, -0.1) is 13.2 Å². The molecule has 1 aliphatic carbocycles. The van der Waals surface area contributed by atoms with E-state index in [1.165, 1.54) is 18.5 Å². The first kappa shape index (κ1) is 20.8. The van der Waals surface area contributed by atoms with Gasteiger partial charge in [0, 0.05) is 18.3 Å². The van der Waals surface area contributed by atoms with E-state index in [4.69, 9.17) is 0 Å². The lowest BCUT2D eigenvalue weighted by Crippen LogP contribution is -2.36. The van der Waals surface area contributed by atoms with Gasteiger partial charge in [-0.3, -0.25) is 4.79 Å². The van der Waals surface area contributed by atoms with Gasteiger partial charge in [-0.25, -0.2) is 9.97 Å². The summed E-state index contributed by atoms with van der Waals surface area (Å²) < 4.78 is 43.3. The second-order valence-corrected chi connectivity index (χ2v) is 7.37. The Kier molecular flexibility index (Phi) is 5.62. The van der Waals surface area contributed by atoms with E-state index in [0.717, 1.165) is 25.0 Å². The molecule has 7 nitrogen and oxygen atoms in total. The lowest BCUT2D eigenvalue weighted by Gasteiger charge is -2.29. The number of carbonyl (C=O) groups is 1. The highest BCUT2D eigenvalue weighted by atomic mass is 19.4. The minimum atomic E-state index is -4.83. The molecule has 1 fully saturated rings. The second kappa shape index (κ2) is 8.37. The summed E-state index contributed by atoms with van der Waals surface area (Å²) in [5.41, 5.74) is 0.109. The third kappa shape index (κ3) is 5.01. The molecule has 1 atom stereocenters. The average molecular weight is 431 g/mol. The molecule has 1 aromatic carbocycles. The van der Waals surface area contributed by atoms with Crippen LogP contribution in [0.5, 0.6) is 5.75 Å². The van der Waals surface area contributed by atoms with Crippen LogP contribution in [-0.2, 0) is 0 Å². The van der Waals surface area contributed by atoms with Crippen molar-refractivity contribution in [1.82, 2.24) is 24.6 Å². The zero-order chi connectivity index (χ0) is 22.0. The Morgan fingerprint density at radius 1 is 1.23 bits per heavy atom. The van der Waals surface area contributed by atoms with Crippen molar-refractivity contribution in [3.8, 4) is 11.6 Å². The van der Waals surface area contributed by atoms with E-state index in [2.05, 4.69) is 19.8 Å². The van der Waals surface area contributed by atoms with Gasteiger partial charge in [-0.05, 0) is 56.0 Å². The predicted molar refractivity (Wildman–Crippen MR) is 104 cm³/mol. The highest BCUT2D eigenvalue weighted by Gasteiger charge is 2.34. The van der Waals surface area contributed by atoms with E-state index < -0.39 is 24.1 Å². The lowest BCUT2D eigenvalue weighted by atomic mass is 10.1. The van der Waals surface area contributed by atoms with Crippen molar-refractivity contribution in [3.63, 3.8) is 0 Å². The van der Waals surface area contributed by atoms with Crippen LogP contribution in [0.1, 0.15) is 42.0 Å². The van der Waals surface area contributed by atoms with Crippen LogP contribution >= 0.6 is 0 Å². The summed E-state index contributed by atoms with van der Waals surface area (Å²) in [6.45, 7) is 2.29. The van der Waals surface area contributed by atoms with Gasteiger partial charge >= 0.3 is 6.36 Å². The maximum atomic E-state index is 13.3. The average Bonchev–Trinajstić information content (AvgIpc) is 3.43. The standard InChI is InChI=1S/C21H20F3N5O2/c1-14(19-26-13-27-29(19)18-7-2-3-10-25-18)28(12-15-8-9-15)20(30)16-5-4-6-17(11-16)31-21(22,23)24/h2-7,10-11,13-15H,8-9,12H2,1H3. The predicted octanol–water partition coefficient (Wildman–Crippen LogP) is 4.17. The van der Waals surface area contributed by atoms with Gasteiger partial charge in [0.05, 0.1) is 6.04 Å². The first-order chi connectivity index (χ1) is 14.8. The van der Waals surface area contributed by atoms with Crippen LogP contribution in [0.4, 0.5) is 13.2 Å². The van der Waals surface area contributed by atoms with Crippen LogP contribution in [-0.4, -0.2) is 43.5 Å². The topological polar surface area (TPSA) is 73.1 Å². The smallest absolute Gasteiger partial charge is 0.406 e. The van der Waals surface area contributed by atoms with E-state index in [1.807, 2.05) is 13.0 Å². The van der Waals surface area contributed by atoms with Crippen LogP contribution in [0, 0.1) is 5.92 Å². The van der Waals surface area contributed by atoms with Crippen LogP contribution < -0.4 is 4.74 Å². The van der Waals surface area contributed by atoms with Crippen molar-refractivity contribution in [3.05, 3.63) is 66.4 Å². The molecule has 31 heavy (non-hydrogen) atoms. The number of alkyl halides is 3. The van der Waals surface area contributed by atoms with Gasteiger partial charge in [0.2, 0.25) is 0 Å². The SMILES string of the molecule is CC(c1ncnn1-c1ccccn1)N(CC1CC1)C(=O)c1cccc(OC(F)(F)F)c1. The highest BCUT2D eigenvalue weighted by Crippen LogP contribution is 2.34. The van der Waals surface area contributed by atoms with Gasteiger partial charge in [0.1, 0.15) is 12.1 Å². The number of aromatic nitrogens is 4. The van der Waals surface area contributed by atoms with Crippen LogP contribution in [0.15, 0.2) is 55.0 Å². The maximum absolute atomic E-state index is 13.3. The molecule has 10 heteroatoms. The minimum Gasteiger partial charge on any atom is -0.406 e. The third-order valence-corrected chi connectivity index (χ3v) is 5.01. The van der Waals surface area contributed by atoms with E-state index in [0.29, 0.717) is 24.1 Å². The fourth-order valence-electron chi connectivity index (χ4n) is 3.32. The molecule has 0 radical (unpaired) electrons. The molecule has 1 saturated carbocycles. The molecule has 0 saturated heterocycles. The fraction of sp³-hybridized carbons (Fsp3) is 0.333. The summed E-state index contributed by atoms with van der Waals surface area (Å²) in [4.78, 5) is 23.6. The number of carbonyl (C=O) groups excluding carboxylic acids is 1. The summed E-state index contributed by atoms with van der Waals surface area (Å²) >= 11 is 0. The van der Waals surface area contributed by atoms with Crippen LogP contribution in [0.3, 0.4) is 0 Å². The Balaban J connectivity index is 1.63. The largest absolute Gasteiger partial charge is 0.573 e. The van der Waals surface area contributed by atoms with E-state index in [1.54, 1.807) is 27.9 Å². The monoisotopic (exact) mass is 431 g/mol. The molecule has 2 heterocycles. The minimum absolute atomic E-state index is 0.109. The van der Waals surface area contributed by atoms with Gasteiger partial charge in [0.25, 0.3) is 5.91 Å². The number of hydrogen-bond donors (Lipinski definition) is 0. The zero-order valence-electron chi connectivity index (χ0n) is 16.7. The number of ether oxygens (including phenoxy) is 1. The molecular formula is C21H20F3N5O2. The molecule has 4 rings (SSSR count). The molecule has 3 aromatic rings. The van der Waals surface area contributed by atoms with Crippen molar-refractivity contribution < 1.29 is 22.7 Å². The number of halogens is 3. The first-order valence-electron chi connectivity index (χ1n) is 9.80. The maximum Gasteiger partial charge on any atom is 0.573 e. The zero-order valence-corrected chi connectivity index (χ0v) is 16.7. The number of hydrogen-bond acceptors (Lipinski definition) is 5. The Morgan fingerprint density at radius 3 is 2.71 bits per heavy atom. The number of pyridine rings is 1. The quantitative estimate of drug-likeness (QED) is 0.561. The van der Waals surface area contributed by atoms with E-state index in [-0.39, 0.29) is 5.56 Å². The Labute approximate surface area is 176 Å². The fourth-order valence-corrected chi connectivity index (χ4v) is 3.32. The highest BCUT2D eigenvalue weighted by molar-refractivity contribution is 5.94. The van der Waals surface area contributed by atoms with Crippen LogP contribution in [0.2, 0.25) is 0 Å². The summed E-state index contributed by atoms with van der Waals surface area (Å²) in [6.07, 6.45) is 0.186. The number of amides is 1. The molecule has 0 spiro atoms. The first-order valence-corrected chi connectivity index (χ1v) is 9.80. The molecule has 162 valence electrons. The number of nitrogens with zero attached hydrogens (tertiary/aromatic N) is 5. The van der Waals surface area contributed by atoms with Crippen molar-refractivity contribution in [2.75, 3.05) is 6.54 Å². The van der Waals surface area contributed by atoms with Crippen molar-refractivity contribution in [2.24, 2.45) is 5.92 Å². The van der Waals surface area contributed by atoms with Gasteiger partial charge in [-0.2, -0.15) is 9.78 Å². The molecule has 0 bridgehead atoms. The van der Waals surface area contributed by atoms with Crippen LogP contribution in [0.25, 0.3) is 5.82 Å². The Bertz CT molecular complexity index is 1050. The van der Waals surface area contributed by atoms with Crippen molar-refractivity contribution in [1.29, 1.82) is 0 Å². The van der Waals surface area contributed by atoms with Gasteiger partial charge < -0.3 is 9.64 Å². The Morgan fingerprint density at radius 2 is 2.03 bits per heavy atom. The Hall–Kier alpha value is -3.43. The third-order valence-electron chi connectivity index (χ3n) is 5.01. The summed E-state index contributed by atoms with van der Waals surface area (Å²) in [5, 5.41) is 4.23. The molecule has 1 aliphatic rings. The number of rotatable bonds is 7. The van der Waals surface area contributed by atoms with Gasteiger partial charge in [0.15, 0.2) is 11.6 Å². The summed E-state index contributed by atoms with van der Waals surface area (Å²) in [5.74, 6) is 0.584. The van der Waals surface area contributed by atoms with Crippen molar-refractivity contribution >= 4 is 5.91 Å². The molecule has 1 amide bonds. The number of benzene rings is 1. The van der Waals surface area contributed by atoms with E-state index >= 15 is 0 Å². The lowest BCUT2D eigenvalue weighted by molar-refractivity contribution is -0.274. The van der Waals surface area contributed by atoms with Gasteiger partial charge in [-0.1, -0.05) is 12.1 Å². The molecule has 0 N–H and O–H groups in total. The van der Waals surface area contributed by atoms with Crippen molar-refractivity contribution in [2.45, 2.75) is 32.2 Å². The molecule has 0 aliphatic heterocycles. The summed E-state index contributed by atoms with van der Waals surface area (Å²) in [6, 6.07) is 10.00. The molecule has 1 unspecified atom stereocenters.